The lowest BCUT2D eigenvalue weighted by Gasteiger charge is -2.13. The third-order valence-corrected chi connectivity index (χ3v) is 5.95. The molecule has 26 heavy (non-hydrogen) atoms. The summed E-state index contributed by atoms with van der Waals surface area (Å²) in [6.07, 6.45) is 0. The van der Waals surface area contributed by atoms with E-state index in [1.54, 1.807) is 33.1 Å². The van der Waals surface area contributed by atoms with Gasteiger partial charge in [0.25, 0.3) is 0 Å². The zero-order valence-electron chi connectivity index (χ0n) is 15.0. The number of methoxy groups -OCH3 is 3. The summed E-state index contributed by atoms with van der Waals surface area (Å²) >= 11 is 5.33. The lowest BCUT2D eigenvalue weighted by Crippen LogP contribution is -2.05. The van der Waals surface area contributed by atoms with Crippen molar-refractivity contribution in [2.75, 3.05) is 27.9 Å². The fraction of sp³-hybridized carbons (Fsp3) is 0.316. The van der Waals surface area contributed by atoms with Gasteiger partial charge in [-0.25, -0.2) is 4.98 Å². The average molecular weight is 437 g/mol. The zero-order chi connectivity index (χ0) is 18.5. The van der Waals surface area contributed by atoms with Gasteiger partial charge in [0, 0.05) is 19.4 Å². The van der Waals surface area contributed by atoms with Gasteiger partial charge in [-0.15, -0.1) is 0 Å². The standard InChI is InChI=1S/C19H21BrN2O3S/c1-23-11-10-22-15-7-5-4-6-14(15)21-19(22)26-12-13-8-9-16(24-2)18(25-3)17(13)20/h4-9H,10-12H2,1-3H3. The molecule has 138 valence electrons. The second kappa shape index (κ2) is 8.79. The Balaban J connectivity index is 1.88. The first-order valence-electron chi connectivity index (χ1n) is 8.16. The molecule has 0 unspecified atom stereocenters. The van der Waals surface area contributed by atoms with Crippen LogP contribution in [0.3, 0.4) is 0 Å². The minimum Gasteiger partial charge on any atom is -0.493 e. The molecular weight excluding hydrogens is 416 g/mol. The van der Waals surface area contributed by atoms with Crippen molar-refractivity contribution in [3.63, 3.8) is 0 Å². The maximum absolute atomic E-state index is 5.47. The summed E-state index contributed by atoms with van der Waals surface area (Å²) in [5.74, 6) is 2.18. The number of halogens is 1. The maximum Gasteiger partial charge on any atom is 0.175 e. The summed E-state index contributed by atoms with van der Waals surface area (Å²) in [6, 6.07) is 12.1. The molecule has 0 aliphatic rings. The molecule has 2 aromatic carbocycles. The van der Waals surface area contributed by atoms with E-state index in [0.29, 0.717) is 18.1 Å². The number of benzene rings is 2. The molecule has 0 bridgehead atoms. The van der Waals surface area contributed by atoms with E-state index in [0.717, 1.165) is 38.5 Å². The molecule has 7 heteroatoms. The van der Waals surface area contributed by atoms with E-state index in [1.165, 1.54) is 0 Å². The summed E-state index contributed by atoms with van der Waals surface area (Å²) in [6.45, 7) is 1.42. The van der Waals surface area contributed by atoms with Crippen molar-refractivity contribution < 1.29 is 14.2 Å². The molecule has 0 saturated carbocycles. The van der Waals surface area contributed by atoms with Gasteiger partial charge in [0.1, 0.15) is 0 Å². The Morgan fingerprint density at radius 1 is 1.08 bits per heavy atom. The summed E-state index contributed by atoms with van der Waals surface area (Å²) in [5.41, 5.74) is 3.24. The number of rotatable bonds is 8. The van der Waals surface area contributed by atoms with Crippen LogP contribution in [-0.4, -0.2) is 37.5 Å². The summed E-state index contributed by atoms with van der Waals surface area (Å²) in [4.78, 5) is 4.79. The number of aromatic nitrogens is 2. The van der Waals surface area contributed by atoms with Crippen LogP contribution in [0.1, 0.15) is 5.56 Å². The highest BCUT2D eigenvalue weighted by Gasteiger charge is 2.15. The topological polar surface area (TPSA) is 45.5 Å². The van der Waals surface area contributed by atoms with Crippen molar-refractivity contribution in [3.8, 4) is 11.5 Å². The third-order valence-electron chi connectivity index (χ3n) is 4.06. The fourth-order valence-electron chi connectivity index (χ4n) is 2.75. The zero-order valence-corrected chi connectivity index (χ0v) is 17.4. The largest absolute Gasteiger partial charge is 0.493 e. The molecule has 3 rings (SSSR count). The molecule has 0 N–H and O–H groups in total. The van der Waals surface area contributed by atoms with Crippen LogP contribution in [0.2, 0.25) is 0 Å². The van der Waals surface area contributed by atoms with Gasteiger partial charge >= 0.3 is 0 Å². The number of hydrogen-bond donors (Lipinski definition) is 0. The lowest BCUT2D eigenvalue weighted by atomic mass is 10.2. The van der Waals surface area contributed by atoms with Crippen LogP contribution in [0, 0.1) is 0 Å². The Kier molecular flexibility index (Phi) is 6.45. The van der Waals surface area contributed by atoms with Crippen LogP contribution in [0.15, 0.2) is 46.0 Å². The van der Waals surface area contributed by atoms with Crippen molar-refractivity contribution in [2.45, 2.75) is 17.5 Å². The summed E-state index contributed by atoms with van der Waals surface area (Å²) < 4.78 is 19.2. The van der Waals surface area contributed by atoms with E-state index in [-0.39, 0.29) is 0 Å². The number of hydrogen-bond acceptors (Lipinski definition) is 5. The fourth-order valence-corrected chi connectivity index (χ4v) is 4.59. The van der Waals surface area contributed by atoms with Gasteiger partial charge in [-0.05, 0) is 39.7 Å². The molecule has 0 fully saturated rings. The minimum atomic E-state index is 0.647. The van der Waals surface area contributed by atoms with Crippen LogP contribution in [0.25, 0.3) is 11.0 Å². The van der Waals surface area contributed by atoms with Crippen LogP contribution in [0.5, 0.6) is 11.5 Å². The Bertz CT molecular complexity index is 898. The number of imidazole rings is 1. The van der Waals surface area contributed by atoms with Gasteiger partial charge in [-0.2, -0.15) is 0 Å². The van der Waals surface area contributed by atoms with Crippen molar-refractivity contribution >= 4 is 38.7 Å². The monoisotopic (exact) mass is 436 g/mol. The van der Waals surface area contributed by atoms with Crippen molar-refractivity contribution in [1.29, 1.82) is 0 Å². The molecule has 0 radical (unpaired) electrons. The lowest BCUT2D eigenvalue weighted by molar-refractivity contribution is 0.186. The van der Waals surface area contributed by atoms with E-state index >= 15 is 0 Å². The van der Waals surface area contributed by atoms with E-state index in [1.807, 2.05) is 30.3 Å². The second-order valence-corrected chi connectivity index (χ2v) is 7.33. The summed E-state index contributed by atoms with van der Waals surface area (Å²) in [7, 11) is 4.99. The highest BCUT2D eigenvalue weighted by atomic mass is 79.9. The normalized spacial score (nSPS) is 11.1. The van der Waals surface area contributed by atoms with Gasteiger partial charge in [-0.1, -0.05) is 30.0 Å². The number of ether oxygens (including phenoxy) is 3. The maximum atomic E-state index is 5.47. The molecule has 1 heterocycles. The van der Waals surface area contributed by atoms with Gasteiger partial charge in [-0.3, -0.25) is 0 Å². The van der Waals surface area contributed by atoms with E-state index in [2.05, 4.69) is 26.6 Å². The molecule has 1 aromatic heterocycles. The molecule has 0 amide bonds. The smallest absolute Gasteiger partial charge is 0.175 e. The van der Waals surface area contributed by atoms with Crippen molar-refractivity contribution in [3.05, 3.63) is 46.4 Å². The van der Waals surface area contributed by atoms with Crippen molar-refractivity contribution in [2.24, 2.45) is 0 Å². The molecule has 0 spiro atoms. The van der Waals surface area contributed by atoms with Crippen molar-refractivity contribution in [1.82, 2.24) is 9.55 Å². The number of para-hydroxylation sites is 2. The van der Waals surface area contributed by atoms with Crippen LogP contribution < -0.4 is 9.47 Å². The van der Waals surface area contributed by atoms with Crippen LogP contribution in [0.4, 0.5) is 0 Å². The molecule has 3 aromatic rings. The minimum absolute atomic E-state index is 0.647. The molecular formula is C19H21BrN2O3S. The number of nitrogens with zero attached hydrogens (tertiary/aromatic N) is 2. The Morgan fingerprint density at radius 3 is 2.62 bits per heavy atom. The van der Waals surface area contributed by atoms with Crippen LogP contribution in [-0.2, 0) is 17.0 Å². The predicted octanol–water partition coefficient (Wildman–Crippen LogP) is 4.75. The highest BCUT2D eigenvalue weighted by Crippen LogP contribution is 2.39. The average Bonchev–Trinajstić information content (AvgIpc) is 3.02. The molecule has 0 aliphatic heterocycles. The molecule has 0 saturated heterocycles. The first kappa shape index (κ1) is 19.1. The molecule has 0 aliphatic carbocycles. The Labute approximate surface area is 165 Å². The van der Waals surface area contributed by atoms with Crippen LogP contribution >= 0.6 is 27.7 Å². The van der Waals surface area contributed by atoms with E-state index < -0.39 is 0 Å². The Morgan fingerprint density at radius 2 is 1.88 bits per heavy atom. The quantitative estimate of drug-likeness (QED) is 0.476. The first-order chi connectivity index (χ1) is 12.7. The second-order valence-electron chi connectivity index (χ2n) is 5.59. The third kappa shape index (κ3) is 3.84. The van der Waals surface area contributed by atoms with E-state index in [9.17, 15) is 0 Å². The molecule has 5 nitrogen and oxygen atoms in total. The number of thioether (sulfide) groups is 1. The van der Waals surface area contributed by atoms with Gasteiger partial charge < -0.3 is 18.8 Å². The van der Waals surface area contributed by atoms with Gasteiger partial charge in [0.2, 0.25) is 0 Å². The van der Waals surface area contributed by atoms with E-state index in [4.69, 9.17) is 19.2 Å². The predicted molar refractivity (Wildman–Crippen MR) is 108 cm³/mol. The first-order valence-corrected chi connectivity index (χ1v) is 9.93. The Hall–Kier alpha value is -1.70. The SMILES string of the molecule is COCCn1c(SCc2ccc(OC)c(OC)c2Br)nc2ccccc21. The molecule has 0 atom stereocenters. The van der Waals surface area contributed by atoms with Gasteiger partial charge in [0.05, 0.1) is 36.3 Å². The van der Waals surface area contributed by atoms with Gasteiger partial charge in [0.15, 0.2) is 16.7 Å². The summed E-state index contributed by atoms with van der Waals surface area (Å²) in [5, 5.41) is 0.977. The number of fused-ring (bicyclic) bond motifs is 1. The highest BCUT2D eigenvalue weighted by molar-refractivity contribution is 9.10.